The van der Waals surface area contributed by atoms with Crippen LogP contribution in [0.15, 0.2) is 24.3 Å². The van der Waals surface area contributed by atoms with Gasteiger partial charge >= 0.3 is 11.9 Å². The van der Waals surface area contributed by atoms with E-state index >= 15 is 0 Å². The lowest BCUT2D eigenvalue weighted by Crippen LogP contribution is -2.13. The van der Waals surface area contributed by atoms with Crippen molar-refractivity contribution < 1.29 is 19.1 Å². The molecule has 0 atom stereocenters. The molecule has 0 saturated heterocycles. The molecule has 0 N–H and O–H groups in total. The van der Waals surface area contributed by atoms with Gasteiger partial charge in [0.2, 0.25) is 0 Å². The molecule has 1 aromatic rings. The topological polar surface area (TPSA) is 52.6 Å². The summed E-state index contributed by atoms with van der Waals surface area (Å²) in [6, 6.07) is 6.34. The summed E-state index contributed by atoms with van der Waals surface area (Å²) in [5.41, 5.74) is 0.211. The van der Waals surface area contributed by atoms with Crippen molar-refractivity contribution in [2.24, 2.45) is 0 Å². The van der Waals surface area contributed by atoms with Crippen LogP contribution in [0.3, 0.4) is 0 Å². The molecule has 0 aliphatic carbocycles. The fraction of sp³-hybridized carbons (Fsp3) is 0.273. The molecule has 1 rings (SSSR count). The normalized spacial score (nSPS) is 9.62. The van der Waals surface area contributed by atoms with Crippen LogP contribution < -0.4 is 4.74 Å². The number of benzene rings is 1. The van der Waals surface area contributed by atoms with E-state index in [1.165, 1.54) is 12.1 Å². The number of carbonyl (C=O) groups excluding carboxylic acids is 2. The van der Waals surface area contributed by atoms with Crippen LogP contribution in [0.2, 0.25) is 0 Å². The minimum absolute atomic E-state index is 0.159. The molecule has 0 radical (unpaired) electrons. The van der Waals surface area contributed by atoms with Gasteiger partial charge in [-0.05, 0) is 19.1 Å². The average molecular weight is 243 g/mol. The number of rotatable bonds is 4. The summed E-state index contributed by atoms with van der Waals surface area (Å²) in [4.78, 5) is 22.5. The number of alkyl halides is 1. The standard InChI is InChI=1S/C11H11ClO4/c1-2-15-11(14)8-5-3-4-6-9(8)16-10(13)7-12/h3-6H,2,7H2,1H3. The van der Waals surface area contributed by atoms with Gasteiger partial charge in [-0.15, -0.1) is 11.6 Å². The molecule has 0 spiro atoms. The van der Waals surface area contributed by atoms with Crippen molar-refractivity contribution >= 4 is 23.5 Å². The Kier molecular flexibility index (Phi) is 4.79. The van der Waals surface area contributed by atoms with Gasteiger partial charge in [-0.1, -0.05) is 12.1 Å². The lowest BCUT2D eigenvalue weighted by molar-refractivity contribution is -0.131. The number of carbonyl (C=O) groups is 2. The van der Waals surface area contributed by atoms with E-state index in [0.29, 0.717) is 0 Å². The molecular formula is C11H11ClO4. The molecule has 0 heterocycles. The second-order valence-electron chi connectivity index (χ2n) is 2.82. The number of para-hydroxylation sites is 1. The van der Waals surface area contributed by atoms with Crippen LogP contribution in [0.1, 0.15) is 17.3 Å². The Morgan fingerprint density at radius 1 is 1.31 bits per heavy atom. The first-order chi connectivity index (χ1) is 7.69. The molecule has 1 aromatic carbocycles. The number of hydrogen-bond donors (Lipinski definition) is 0. The number of esters is 2. The number of halogens is 1. The van der Waals surface area contributed by atoms with Gasteiger partial charge in [0.25, 0.3) is 0 Å². The Morgan fingerprint density at radius 3 is 2.62 bits per heavy atom. The maximum atomic E-state index is 11.5. The molecule has 4 nitrogen and oxygen atoms in total. The molecule has 16 heavy (non-hydrogen) atoms. The van der Waals surface area contributed by atoms with E-state index in [9.17, 15) is 9.59 Å². The Labute approximate surface area is 98.1 Å². The summed E-state index contributed by atoms with van der Waals surface area (Å²) in [5, 5.41) is 0. The predicted octanol–water partition coefficient (Wildman–Crippen LogP) is 2.01. The molecule has 5 heteroatoms. The second kappa shape index (κ2) is 6.12. The van der Waals surface area contributed by atoms with Crippen LogP contribution in [0.4, 0.5) is 0 Å². The van der Waals surface area contributed by atoms with Gasteiger partial charge in [0, 0.05) is 0 Å². The highest BCUT2D eigenvalue weighted by Crippen LogP contribution is 2.19. The lowest BCUT2D eigenvalue weighted by atomic mass is 10.2. The highest BCUT2D eigenvalue weighted by Gasteiger charge is 2.14. The van der Waals surface area contributed by atoms with E-state index in [4.69, 9.17) is 21.1 Å². The SMILES string of the molecule is CCOC(=O)c1ccccc1OC(=O)CCl. The van der Waals surface area contributed by atoms with Crippen molar-refractivity contribution in [3.05, 3.63) is 29.8 Å². The van der Waals surface area contributed by atoms with Gasteiger partial charge in [-0.3, -0.25) is 4.79 Å². The maximum Gasteiger partial charge on any atom is 0.341 e. The van der Waals surface area contributed by atoms with E-state index in [1.807, 2.05) is 0 Å². The molecule has 0 aromatic heterocycles. The van der Waals surface area contributed by atoms with E-state index in [1.54, 1.807) is 19.1 Å². The molecule has 0 bridgehead atoms. The van der Waals surface area contributed by atoms with Gasteiger partial charge in [-0.2, -0.15) is 0 Å². The van der Waals surface area contributed by atoms with E-state index < -0.39 is 11.9 Å². The van der Waals surface area contributed by atoms with Crippen molar-refractivity contribution in [2.75, 3.05) is 12.5 Å². The minimum atomic E-state index is -0.613. The van der Waals surface area contributed by atoms with Gasteiger partial charge in [0.1, 0.15) is 17.2 Å². The summed E-state index contributed by atoms with van der Waals surface area (Å²) in [6.07, 6.45) is 0. The monoisotopic (exact) mass is 242 g/mol. The summed E-state index contributed by atoms with van der Waals surface area (Å²) < 4.78 is 9.71. The minimum Gasteiger partial charge on any atom is -0.462 e. The van der Waals surface area contributed by atoms with Crippen LogP contribution in [0, 0.1) is 0 Å². The van der Waals surface area contributed by atoms with Crippen LogP contribution in [0.5, 0.6) is 5.75 Å². The molecular weight excluding hydrogens is 232 g/mol. The Hall–Kier alpha value is -1.55. The Bertz CT molecular complexity index is 389. The van der Waals surface area contributed by atoms with Crippen molar-refractivity contribution in [3.8, 4) is 5.75 Å². The highest BCUT2D eigenvalue weighted by atomic mass is 35.5. The van der Waals surface area contributed by atoms with Crippen molar-refractivity contribution in [1.29, 1.82) is 0 Å². The van der Waals surface area contributed by atoms with Crippen molar-refractivity contribution in [3.63, 3.8) is 0 Å². The van der Waals surface area contributed by atoms with Crippen LogP contribution in [-0.2, 0) is 9.53 Å². The van der Waals surface area contributed by atoms with Crippen molar-refractivity contribution in [2.45, 2.75) is 6.92 Å². The quantitative estimate of drug-likeness (QED) is 0.460. The third-order valence-corrected chi connectivity index (χ3v) is 1.93. The lowest BCUT2D eigenvalue weighted by Gasteiger charge is -2.07. The third kappa shape index (κ3) is 3.24. The Balaban J connectivity index is 2.91. The zero-order valence-corrected chi connectivity index (χ0v) is 9.49. The van der Waals surface area contributed by atoms with Gasteiger partial charge in [0.05, 0.1) is 6.61 Å². The summed E-state index contributed by atoms with van der Waals surface area (Å²) >= 11 is 5.30. The maximum absolute atomic E-state index is 11.5. The molecule has 0 unspecified atom stereocenters. The molecule has 0 aliphatic rings. The molecule has 0 amide bonds. The third-order valence-electron chi connectivity index (χ3n) is 1.72. The van der Waals surface area contributed by atoms with E-state index in [2.05, 4.69) is 0 Å². The van der Waals surface area contributed by atoms with E-state index in [0.717, 1.165) is 0 Å². The Morgan fingerprint density at radius 2 is 2.00 bits per heavy atom. The zero-order chi connectivity index (χ0) is 12.0. The van der Waals surface area contributed by atoms with Crippen LogP contribution >= 0.6 is 11.6 Å². The van der Waals surface area contributed by atoms with Gasteiger partial charge in [-0.25, -0.2) is 4.79 Å². The average Bonchev–Trinajstić information content (AvgIpc) is 2.30. The van der Waals surface area contributed by atoms with E-state index in [-0.39, 0.29) is 23.8 Å². The first-order valence-electron chi connectivity index (χ1n) is 4.71. The summed E-state index contributed by atoms with van der Waals surface area (Å²) in [7, 11) is 0. The largest absolute Gasteiger partial charge is 0.462 e. The number of hydrogen-bond acceptors (Lipinski definition) is 4. The van der Waals surface area contributed by atoms with Crippen molar-refractivity contribution in [1.82, 2.24) is 0 Å². The molecule has 86 valence electrons. The van der Waals surface area contributed by atoms with Crippen LogP contribution in [0.25, 0.3) is 0 Å². The summed E-state index contributed by atoms with van der Waals surface area (Å²) in [5.74, 6) is -1.25. The molecule has 0 fully saturated rings. The summed E-state index contributed by atoms with van der Waals surface area (Å²) in [6.45, 7) is 1.96. The predicted molar refractivity (Wildman–Crippen MR) is 58.8 cm³/mol. The van der Waals surface area contributed by atoms with Crippen LogP contribution in [-0.4, -0.2) is 24.4 Å². The highest BCUT2D eigenvalue weighted by molar-refractivity contribution is 6.26. The van der Waals surface area contributed by atoms with Gasteiger partial charge < -0.3 is 9.47 Å². The first kappa shape index (κ1) is 12.5. The van der Waals surface area contributed by atoms with Gasteiger partial charge in [0.15, 0.2) is 0 Å². The fourth-order valence-electron chi connectivity index (χ4n) is 1.08. The second-order valence-corrected chi connectivity index (χ2v) is 3.09. The molecule has 0 aliphatic heterocycles. The molecule has 0 saturated carbocycles. The number of ether oxygens (including phenoxy) is 2. The fourth-order valence-corrected chi connectivity index (χ4v) is 1.14. The zero-order valence-electron chi connectivity index (χ0n) is 8.73. The first-order valence-corrected chi connectivity index (χ1v) is 5.25. The smallest absolute Gasteiger partial charge is 0.341 e.